The highest BCUT2D eigenvalue weighted by Crippen LogP contribution is 2.52. The van der Waals surface area contributed by atoms with E-state index in [4.69, 9.17) is 4.74 Å². The quantitative estimate of drug-likeness (QED) is 0.769. The zero-order chi connectivity index (χ0) is 19.9. The summed E-state index contributed by atoms with van der Waals surface area (Å²) in [6.07, 6.45) is 7.45. The summed E-state index contributed by atoms with van der Waals surface area (Å²) in [7, 11) is 0. The highest BCUT2D eigenvalue weighted by molar-refractivity contribution is 7.17. The number of anilines is 1. The van der Waals surface area contributed by atoms with Gasteiger partial charge in [-0.3, -0.25) is 14.4 Å². The van der Waals surface area contributed by atoms with E-state index in [1.807, 2.05) is 0 Å². The molecule has 4 fully saturated rings. The highest BCUT2D eigenvalue weighted by atomic mass is 32.1. The van der Waals surface area contributed by atoms with Crippen LogP contribution in [0.1, 0.15) is 66.2 Å². The van der Waals surface area contributed by atoms with Gasteiger partial charge in [0, 0.05) is 10.9 Å². The minimum Gasteiger partial charge on any atom is -0.373 e. The SMILES string of the molecule is CC[C@H]1CCc2c(sc(N3C(=O)[C@@H]4[C@H](C3=O)[C@H]3CC[C@H]4O3)c2C(=O)NC2CC2)C1. The van der Waals surface area contributed by atoms with Crippen LogP contribution in [-0.2, 0) is 27.2 Å². The molecule has 4 heterocycles. The Hall–Kier alpha value is -1.73. The average Bonchev–Trinajstić information content (AvgIpc) is 3.07. The van der Waals surface area contributed by atoms with E-state index in [2.05, 4.69) is 12.2 Å². The first kappa shape index (κ1) is 18.1. The van der Waals surface area contributed by atoms with E-state index in [9.17, 15) is 14.4 Å². The summed E-state index contributed by atoms with van der Waals surface area (Å²) < 4.78 is 5.87. The van der Waals surface area contributed by atoms with Gasteiger partial charge in [-0.2, -0.15) is 0 Å². The summed E-state index contributed by atoms with van der Waals surface area (Å²) in [6, 6.07) is 0.242. The van der Waals surface area contributed by atoms with Gasteiger partial charge in [-0.1, -0.05) is 13.3 Å². The number of carbonyl (C=O) groups excluding carboxylic acids is 3. The van der Waals surface area contributed by atoms with Crippen molar-refractivity contribution in [1.82, 2.24) is 5.32 Å². The number of hydrogen-bond acceptors (Lipinski definition) is 5. The zero-order valence-electron chi connectivity index (χ0n) is 16.6. The maximum Gasteiger partial charge on any atom is 0.254 e. The Morgan fingerprint density at radius 3 is 2.41 bits per heavy atom. The van der Waals surface area contributed by atoms with Gasteiger partial charge in [0.2, 0.25) is 11.8 Å². The van der Waals surface area contributed by atoms with Gasteiger partial charge in [-0.05, 0) is 56.4 Å². The number of thiophene rings is 1. The number of amides is 3. The minimum absolute atomic E-state index is 0.105. The number of imide groups is 1. The molecule has 1 saturated carbocycles. The standard InChI is InChI=1S/C22H26N2O4S/c1-2-10-3-6-12-15(9-10)29-22(16(12)19(25)23-11-4-5-11)24-20(26)17-13-7-8-14(28-13)18(17)21(24)27/h10-11,13-14,17-18H,2-9H2,1H3,(H,23,25)/t10-,13+,14+,17-,18+/m0/s1. The number of carbonyl (C=O) groups is 3. The van der Waals surface area contributed by atoms with E-state index in [0.717, 1.165) is 56.9 Å². The molecule has 0 spiro atoms. The fourth-order valence-electron chi connectivity index (χ4n) is 5.78. The van der Waals surface area contributed by atoms with Crippen LogP contribution in [0.5, 0.6) is 0 Å². The third-order valence-electron chi connectivity index (χ3n) is 7.55. The fraction of sp³-hybridized carbons (Fsp3) is 0.682. The Morgan fingerprint density at radius 2 is 1.79 bits per heavy atom. The Labute approximate surface area is 174 Å². The number of hydrogen-bond donors (Lipinski definition) is 1. The van der Waals surface area contributed by atoms with Crippen molar-refractivity contribution in [3.8, 4) is 0 Å². The van der Waals surface area contributed by atoms with Gasteiger partial charge in [0.25, 0.3) is 5.91 Å². The second kappa shape index (κ2) is 6.38. The average molecular weight is 415 g/mol. The Bertz CT molecular complexity index is 892. The van der Waals surface area contributed by atoms with Crippen LogP contribution in [-0.4, -0.2) is 36.0 Å². The number of rotatable bonds is 4. The highest BCUT2D eigenvalue weighted by Gasteiger charge is 2.63. The second-order valence-corrected chi connectivity index (χ2v) is 10.4. The first-order valence-electron chi connectivity index (χ1n) is 11.1. The summed E-state index contributed by atoms with van der Waals surface area (Å²) in [6.45, 7) is 2.20. The number of fused-ring (bicyclic) bond motifs is 6. The molecule has 1 N–H and O–H groups in total. The van der Waals surface area contributed by atoms with Crippen LogP contribution in [0.3, 0.4) is 0 Å². The van der Waals surface area contributed by atoms with Crippen LogP contribution in [0.25, 0.3) is 0 Å². The van der Waals surface area contributed by atoms with Crippen LogP contribution in [0.2, 0.25) is 0 Å². The van der Waals surface area contributed by atoms with E-state index in [-0.39, 0.29) is 47.8 Å². The molecule has 1 aromatic rings. The normalized spacial score (nSPS) is 35.2. The molecular formula is C22H26N2O4S. The van der Waals surface area contributed by atoms with Crippen molar-refractivity contribution in [3.05, 3.63) is 16.0 Å². The maximum atomic E-state index is 13.3. The third kappa shape index (κ3) is 2.59. The molecule has 154 valence electrons. The lowest BCUT2D eigenvalue weighted by molar-refractivity contribution is -0.124. The summed E-state index contributed by atoms with van der Waals surface area (Å²) in [4.78, 5) is 42.4. The largest absolute Gasteiger partial charge is 0.373 e. The van der Waals surface area contributed by atoms with Crippen LogP contribution in [0.4, 0.5) is 5.00 Å². The molecule has 5 aliphatic rings. The number of ether oxygens (including phenoxy) is 1. The summed E-state index contributed by atoms with van der Waals surface area (Å²) in [5, 5.41) is 3.68. The Morgan fingerprint density at radius 1 is 1.10 bits per heavy atom. The monoisotopic (exact) mass is 414 g/mol. The lowest BCUT2D eigenvalue weighted by atomic mass is 9.81. The van der Waals surface area contributed by atoms with E-state index >= 15 is 0 Å². The van der Waals surface area contributed by atoms with Gasteiger partial charge in [0.05, 0.1) is 29.6 Å². The predicted octanol–water partition coefficient (Wildman–Crippen LogP) is 2.82. The van der Waals surface area contributed by atoms with Crippen molar-refractivity contribution in [1.29, 1.82) is 0 Å². The summed E-state index contributed by atoms with van der Waals surface area (Å²) >= 11 is 1.51. The van der Waals surface area contributed by atoms with E-state index in [0.29, 0.717) is 16.5 Å². The molecule has 29 heavy (non-hydrogen) atoms. The third-order valence-corrected chi connectivity index (χ3v) is 8.79. The number of nitrogens with one attached hydrogen (secondary N) is 1. The van der Waals surface area contributed by atoms with Crippen molar-refractivity contribution < 1.29 is 19.1 Å². The van der Waals surface area contributed by atoms with Gasteiger partial charge in [0.15, 0.2) is 0 Å². The van der Waals surface area contributed by atoms with Crippen LogP contribution >= 0.6 is 11.3 Å². The second-order valence-electron chi connectivity index (χ2n) is 9.30. The minimum atomic E-state index is -0.358. The topological polar surface area (TPSA) is 75.7 Å². The van der Waals surface area contributed by atoms with Crippen molar-refractivity contribution in [2.45, 2.75) is 76.5 Å². The molecule has 0 unspecified atom stereocenters. The molecule has 5 atom stereocenters. The van der Waals surface area contributed by atoms with Gasteiger partial charge < -0.3 is 10.1 Å². The molecule has 3 amide bonds. The first-order valence-corrected chi connectivity index (χ1v) is 11.9. The lowest BCUT2D eigenvalue weighted by Gasteiger charge is -2.21. The molecule has 6 rings (SSSR count). The van der Waals surface area contributed by atoms with Gasteiger partial charge in [0.1, 0.15) is 5.00 Å². The molecule has 7 heteroatoms. The van der Waals surface area contributed by atoms with Crippen molar-refractivity contribution in [2.24, 2.45) is 17.8 Å². The fourth-order valence-corrected chi connectivity index (χ4v) is 7.25. The maximum absolute atomic E-state index is 13.3. The molecule has 3 saturated heterocycles. The van der Waals surface area contributed by atoms with Crippen LogP contribution in [0.15, 0.2) is 0 Å². The number of nitrogens with zero attached hydrogens (tertiary/aromatic N) is 1. The first-order chi connectivity index (χ1) is 14.1. The molecule has 0 radical (unpaired) electrons. The Kier molecular flexibility index (Phi) is 3.98. The van der Waals surface area contributed by atoms with Crippen molar-refractivity contribution >= 4 is 34.1 Å². The van der Waals surface area contributed by atoms with Gasteiger partial charge in [-0.25, -0.2) is 4.90 Å². The predicted molar refractivity (Wildman–Crippen MR) is 108 cm³/mol. The van der Waals surface area contributed by atoms with Gasteiger partial charge in [-0.15, -0.1) is 11.3 Å². The van der Waals surface area contributed by atoms with Crippen LogP contribution in [0, 0.1) is 17.8 Å². The molecule has 2 bridgehead atoms. The van der Waals surface area contributed by atoms with E-state index < -0.39 is 0 Å². The molecular weight excluding hydrogens is 388 g/mol. The van der Waals surface area contributed by atoms with E-state index in [1.54, 1.807) is 0 Å². The molecule has 1 aromatic heterocycles. The smallest absolute Gasteiger partial charge is 0.254 e. The lowest BCUT2D eigenvalue weighted by Crippen LogP contribution is -2.36. The van der Waals surface area contributed by atoms with E-state index in [1.165, 1.54) is 21.1 Å². The van der Waals surface area contributed by atoms with Crippen molar-refractivity contribution in [2.75, 3.05) is 4.90 Å². The summed E-state index contributed by atoms with van der Waals surface area (Å²) in [5.41, 5.74) is 1.67. The Balaban J connectivity index is 1.42. The summed E-state index contributed by atoms with van der Waals surface area (Å²) in [5.74, 6) is -0.517. The van der Waals surface area contributed by atoms with Crippen LogP contribution < -0.4 is 10.2 Å². The van der Waals surface area contributed by atoms with Gasteiger partial charge >= 0.3 is 0 Å². The zero-order valence-corrected chi connectivity index (χ0v) is 17.4. The van der Waals surface area contributed by atoms with Crippen molar-refractivity contribution in [3.63, 3.8) is 0 Å². The molecule has 2 aliphatic carbocycles. The molecule has 3 aliphatic heterocycles. The molecule has 6 nitrogen and oxygen atoms in total. The molecule has 0 aromatic carbocycles.